The van der Waals surface area contributed by atoms with Gasteiger partial charge in [0.25, 0.3) is 0 Å². The number of nitrogens with zero attached hydrogens (tertiary/aromatic N) is 4. The molecule has 0 amide bonds. The van der Waals surface area contributed by atoms with Crippen LogP contribution in [0.25, 0.3) is 11.0 Å². The van der Waals surface area contributed by atoms with Crippen molar-refractivity contribution in [1.29, 1.82) is 0 Å². The monoisotopic (exact) mass is 278 g/mol. The molecule has 0 unspecified atom stereocenters. The summed E-state index contributed by atoms with van der Waals surface area (Å²) in [6, 6.07) is 7.62. The SMILES string of the molecule is Clc1ccc(Cn2ncc3c(Cl)ncnc32)cc1. The van der Waals surface area contributed by atoms with Gasteiger partial charge in [0.05, 0.1) is 18.1 Å². The molecule has 0 spiro atoms. The zero-order valence-corrected chi connectivity index (χ0v) is 10.7. The van der Waals surface area contributed by atoms with Gasteiger partial charge >= 0.3 is 0 Å². The lowest BCUT2D eigenvalue weighted by atomic mass is 10.2. The number of aromatic nitrogens is 4. The van der Waals surface area contributed by atoms with Crippen LogP contribution in [-0.2, 0) is 6.54 Å². The summed E-state index contributed by atoms with van der Waals surface area (Å²) in [5.41, 5.74) is 1.82. The number of halogens is 2. The molecule has 0 saturated heterocycles. The lowest BCUT2D eigenvalue weighted by Crippen LogP contribution is -2.02. The van der Waals surface area contributed by atoms with Gasteiger partial charge in [0.2, 0.25) is 0 Å². The number of fused-ring (bicyclic) bond motifs is 1. The third kappa shape index (κ3) is 2.05. The Labute approximate surface area is 113 Å². The summed E-state index contributed by atoms with van der Waals surface area (Å²) < 4.78 is 1.78. The van der Waals surface area contributed by atoms with Crippen LogP contribution >= 0.6 is 23.2 Å². The van der Waals surface area contributed by atoms with Crippen LogP contribution in [0, 0.1) is 0 Å². The van der Waals surface area contributed by atoms with Crippen LogP contribution in [-0.4, -0.2) is 19.7 Å². The van der Waals surface area contributed by atoms with E-state index in [2.05, 4.69) is 15.1 Å². The largest absolute Gasteiger partial charge is 0.243 e. The number of rotatable bonds is 2. The minimum Gasteiger partial charge on any atom is -0.243 e. The first kappa shape index (κ1) is 11.4. The normalized spacial score (nSPS) is 11.0. The van der Waals surface area contributed by atoms with E-state index >= 15 is 0 Å². The summed E-state index contributed by atoms with van der Waals surface area (Å²) in [6.07, 6.45) is 3.11. The topological polar surface area (TPSA) is 43.6 Å². The zero-order chi connectivity index (χ0) is 12.5. The maximum absolute atomic E-state index is 5.97. The third-order valence-electron chi connectivity index (χ3n) is 2.63. The van der Waals surface area contributed by atoms with Crippen LogP contribution < -0.4 is 0 Å². The molecule has 3 aromatic rings. The van der Waals surface area contributed by atoms with Gasteiger partial charge in [-0.15, -0.1) is 0 Å². The highest BCUT2D eigenvalue weighted by molar-refractivity contribution is 6.33. The zero-order valence-electron chi connectivity index (χ0n) is 9.22. The summed E-state index contributed by atoms with van der Waals surface area (Å²) >= 11 is 11.8. The molecule has 0 aliphatic heterocycles. The fourth-order valence-electron chi connectivity index (χ4n) is 1.74. The van der Waals surface area contributed by atoms with Crippen LogP contribution in [0.3, 0.4) is 0 Å². The van der Waals surface area contributed by atoms with Crippen molar-refractivity contribution >= 4 is 34.2 Å². The molecule has 90 valence electrons. The van der Waals surface area contributed by atoms with Crippen molar-refractivity contribution < 1.29 is 0 Å². The smallest absolute Gasteiger partial charge is 0.162 e. The molecule has 0 fully saturated rings. The Kier molecular flexibility index (Phi) is 2.89. The second-order valence-electron chi connectivity index (χ2n) is 3.83. The Morgan fingerprint density at radius 2 is 1.83 bits per heavy atom. The van der Waals surface area contributed by atoms with Gasteiger partial charge in [-0.1, -0.05) is 35.3 Å². The highest BCUT2D eigenvalue weighted by atomic mass is 35.5. The van der Waals surface area contributed by atoms with Gasteiger partial charge in [-0.2, -0.15) is 5.10 Å². The quantitative estimate of drug-likeness (QED) is 0.677. The van der Waals surface area contributed by atoms with Crippen LogP contribution in [0.15, 0.2) is 36.8 Å². The Morgan fingerprint density at radius 3 is 2.61 bits per heavy atom. The van der Waals surface area contributed by atoms with Crippen LogP contribution in [0.4, 0.5) is 0 Å². The first-order valence-corrected chi connectivity index (χ1v) is 6.06. The molecule has 1 aromatic carbocycles. The molecule has 0 saturated carbocycles. The molecular weight excluding hydrogens is 271 g/mol. The second kappa shape index (κ2) is 4.55. The summed E-state index contributed by atoms with van der Waals surface area (Å²) in [7, 11) is 0. The molecule has 6 heteroatoms. The molecule has 0 N–H and O–H groups in total. The fraction of sp³-hybridized carbons (Fsp3) is 0.0833. The van der Waals surface area contributed by atoms with Crippen molar-refractivity contribution in [2.24, 2.45) is 0 Å². The van der Waals surface area contributed by atoms with Crippen molar-refractivity contribution in [3.63, 3.8) is 0 Å². The molecule has 2 heterocycles. The molecule has 2 aromatic heterocycles. The molecule has 0 radical (unpaired) electrons. The standard InChI is InChI=1S/C12H8Cl2N4/c13-9-3-1-8(2-4-9)6-18-12-10(5-17-18)11(14)15-7-16-12/h1-5,7H,6H2. The van der Waals surface area contributed by atoms with Crippen LogP contribution in [0.2, 0.25) is 10.2 Å². The van der Waals surface area contributed by atoms with E-state index in [4.69, 9.17) is 23.2 Å². The van der Waals surface area contributed by atoms with Gasteiger partial charge in [-0.05, 0) is 17.7 Å². The second-order valence-corrected chi connectivity index (χ2v) is 4.62. The van der Waals surface area contributed by atoms with Crippen molar-refractivity contribution in [1.82, 2.24) is 19.7 Å². The minimum absolute atomic E-state index is 0.419. The van der Waals surface area contributed by atoms with E-state index in [1.165, 1.54) is 6.33 Å². The van der Waals surface area contributed by atoms with E-state index < -0.39 is 0 Å². The predicted octanol–water partition coefficient (Wildman–Crippen LogP) is 3.18. The number of hydrogen-bond acceptors (Lipinski definition) is 3. The molecule has 0 aliphatic carbocycles. The fourth-order valence-corrected chi connectivity index (χ4v) is 2.05. The van der Waals surface area contributed by atoms with Crippen molar-refractivity contribution in [2.75, 3.05) is 0 Å². The van der Waals surface area contributed by atoms with Gasteiger partial charge in [-0.3, -0.25) is 0 Å². The first-order valence-electron chi connectivity index (χ1n) is 5.30. The van der Waals surface area contributed by atoms with E-state index in [1.807, 2.05) is 24.3 Å². The van der Waals surface area contributed by atoms with Crippen LogP contribution in [0.5, 0.6) is 0 Å². The maximum atomic E-state index is 5.97. The summed E-state index contributed by atoms with van der Waals surface area (Å²) in [5, 5.41) is 6.16. The Balaban J connectivity index is 2.00. The van der Waals surface area contributed by atoms with E-state index in [0.717, 1.165) is 21.6 Å². The van der Waals surface area contributed by atoms with E-state index in [-0.39, 0.29) is 0 Å². The van der Waals surface area contributed by atoms with Crippen molar-refractivity contribution in [2.45, 2.75) is 6.54 Å². The number of benzene rings is 1. The molecule has 0 atom stereocenters. The van der Waals surface area contributed by atoms with Gasteiger partial charge < -0.3 is 0 Å². The van der Waals surface area contributed by atoms with Gasteiger partial charge in [0.15, 0.2) is 5.65 Å². The van der Waals surface area contributed by atoms with Crippen molar-refractivity contribution in [3.8, 4) is 0 Å². The Hall–Kier alpha value is -1.65. The molecule has 18 heavy (non-hydrogen) atoms. The Morgan fingerprint density at radius 1 is 1.06 bits per heavy atom. The minimum atomic E-state index is 0.419. The van der Waals surface area contributed by atoms with Gasteiger partial charge in [0, 0.05) is 5.02 Å². The third-order valence-corrected chi connectivity index (χ3v) is 3.18. The highest BCUT2D eigenvalue weighted by Crippen LogP contribution is 2.19. The molecule has 4 nitrogen and oxygen atoms in total. The molecule has 3 rings (SSSR count). The Bertz CT molecular complexity index is 691. The number of hydrogen-bond donors (Lipinski definition) is 0. The predicted molar refractivity (Wildman–Crippen MR) is 70.9 cm³/mol. The summed E-state index contributed by atoms with van der Waals surface area (Å²) in [5.74, 6) is 0. The van der Waals surface area contributed by atoms with Crippen molar-refractivity contribution in [3.05, 3.63) is 52.5 Å². The lowest BCUT2D eigenvalue weighted by Gasteiger charge is -2.03. The maximum Gasteiger partial charge on any atom is 0.162 e. The van der Waals surface area contributed by atoms with Crippen LogP contribution in [0.1, 0.15) is 5.56 Å². The summed E-state index contributed by atoms with van der Waals surface area (Å²) in [6.45, 7) is 0.619. The summed E-state index contributed by atoms with van der Waals surface area (Å²) in [4.78, 5) is 8.12. The highest BCUT2D eigenvalue weighted by Gasteiger charge is 2.08. The molecular formula is C12H8Cl2N4. The van der Waals surface area contributed by atoms with E-state index in [9.17, 15) is 0 Å². The van der Waals surface area contributed by atoms with Gasteiger partial charge in [-0.25, -0.2) is 14.6 Å². The average Bonchev–Trinajstić information content (AvgIpc) is 2.77. The lowest BCUT2D eigenvalue weighted by molar-refractivity contribution is 0.703. The van der Waals surface area contributed by atoms with E-state index in [0.29, 0.717) is 11.7 Å². The average molecular weight is 279 g/mol. The first-order chi connectivity index (χ1) is 8.74. The van der Waals surface area contributed by atoms with Gasteiger partial charge in [0.1, 0.15) is 11.5 Å². The molecule has 0 aliphatic rings. The van der Waals surface area contributed by atoms with E-state index in [1.54, 1.807) is 10.9 Å². The molecule has 0 bridgehead atoms.